The summed E-state index contributed by atoms with van der Waals surface area (Å²) in [6, 6.07) is 1.88. The molecule has 2 N–H and O–H groups in total. The Morgan fingerprint density at radius 2 is 1.85 bits per heavy atom. The molecule has 33 heavy (non-hydrogen) atoms. The van der Waals surface area contributed by atoms with Gasteiger partial charge in [-0.1, -0.05) is 0 Å². The molecule has 0 radical (unpaired) electrons. The molecule has 0 saturated carbocycles. The van der Waals surface area contributed by atoms with E-state index in [2.05, 4.69) is 10.1 Å². The number of pyridine rings is 1. The first-order chi connectivity index (χ1) is 15.4. The Balaban J connectivity index is 1.76. The van der Waals surface area contributed by atoms with Crippen molar-refractivity contribution in [1.29, 1.82) is 0 Å². The molecule has 1 saturated heterocycles. The number of aromatic nitrogens is 3. The summed E-state index contributed by atoms with van der Waals surface area (Å²) in [6.45, 7) is 1.16. The molecule has 0 spiro atoms. The van der Waals surface area contributed by atoms with Crippen molar-refractivity contribution >= 4 is 16.7 Å². The van der Waals surface area contributed by atoms with Crippen molar-refractivity contribution in [3.8, 4) is 17.0 Å². The molecule has 0 amide bonds. The molecule has 0 aliphatic carbocycles. The zero-order chi connectivity index (χ0) is 24.1. The van der Waals surface area contributed by atoms with Crippen LogP contribution in [0, 0.1) is 11.6 Å². The molecule has 1 fully saturated rings. The van der Waals surface area contributed by atoms with Crippen LogP contribution < -0.4 is 4.90 Å². The molecule has 2 aromatic heterocycles. The molecule has 1 aliphatic rings. The molecular weight excluding hydrogens is 451 g/mol. The van der Waals surface area contributed by atoms with E-state index in [1.54, 1.807) is 18.0 Å². The Hall–Kier alpha value is -2.99. The molecule has 0 atom stereocenters. The van der Waals surface area contributed by atoms with Crippen LogP contribution in [0.15, 0.2) is 18.3 Å². The van der Waals surface area contributed by atoms with E-state index < -0.39 is 40.3 Å². The predicted molar refractivity (Wildman–Crippen MR) is 109 cm³/mol. The number of alkyl halides is 3. The summed E-state index contributed by atoms with van der Waals surface area (Å²) >= 11 is 0. The van der Waals surface area contributed by atoms with Gasteiger partial charge in [0.15, 0.2) is 17.4 Å². The highest BCUT2D eigenvalue weighted by atomic mass is 19.4. The molecular formula is C21H21F5N4O3. The highest BCUT2D eigenvalue weighted by Crippen LogP contribution is 2.41. The number of phenolic OH excluding ortho intramolecular Hbond substituents is 1. The molecule has 0 bridgehead atoms. The van der Waals surface area contributed by atoms with Gasteiger partial charge in [-0.05, 0) is 6.07 Å². The summed E-state index contributed by atoms with van der Waals surface area (Å²) in [5, 5.41) is 24.7. The van der Waals surface area contributed by atoms with Crippen molar-refractivity contribution in [1.82, 2.24) is 14.8 Å². The lowest BCUT2D eigenvalue weighted by Gasteiger charge is -2.35. The first-order valence-electron chi connectivity index (χ1n) is 10.0. The molecule has 1 aliphatic heterocycles. The number of aliphatic hydroxyl groups is 1. The summed E-state index contributed by atoms with van der Waals surface area (Å²) in [4.78, 5) is 6.02. The Labute approximate surface area is 185 Å². The average molecular weight is 472 g/mol. The Bertz CT molecular complexity index is 1210. The number of halogens is 5. The summed E-state index contributed by atoms with van der Waals surface area (Å²) in [5.41, 5.74) is -3.27. The van der Waals surface area contributed by atoms with Gasteiger partial charge in [0.25, 0.3) is 0 Å². The SMILES string of the molecule is CN(CC1(O)CCOCC1)c1cc2c(cn1)c(-c1cc(C(F)(F)F)c(F)c(O)c1F)nn2C. The van der Waals surface area contributed by atoms with Crippen LogP contribution in [0.1, 0.15) is 18.4 Å². The van der Waals surface area contributed by atoms with Crippen LogP contribution >= 0.6 is 0 Å². The van der Waals surface area contributed by atoms with Crippen LogP contribution in [0.3, 0.4) is 0 Å². The Morgan fingerprint density at radius 1 is 1.18 bits per heavy atom. The van der Waals surface area contributed by atoms with Crippen molar-refractivity contribution in [3.63, 3.8) is 0 Å². The monoisotopic (exact) mass is 472 g/mol. The van der Waals surface area contributed by atoms with E-state index in [1.165, 1.54) is 17.9 Å². The summed E-state index contributed by atoms with van der Waals surface area (Å²) in [5.74, 6) is -4.91. The van der Waals surface area contributed by atoms with E-state index in [1.807, 2.05) is 0 Å². The van der Waals surface area contributed by atoms with E-state index in [0.717, 1.165) is 0 Å². The maximum Gasteiger partial charge on any atom is 0.419 e. The largest absolute Gasteiger partial charge is 0.503 e. The van der Waals surface area contributed by atoms with E-state index in [0.29, 0.717) is 37.4 Å². The van der Waals surface area contributed by atoms with Gasteiger partial charge in [-0.2, -0.15) is 18.3 Å². The van der Waals surface area contributed by atoms with E-state index >= 15 is 0 Å². The number of rotatable bonds is 4. The maximum absolute atomic E-state index is 14.6. The average Bonchev–Trinajstić information content (AvgIpc) is 3.07. The van der Waals surface area contributed by atoms with Gasteiger partial charge < -0.3 is 19.8 Å². The van der Waals surface area contributed by atoms with Crippen molar-refractivity contribution in [2.75, 3.05) is 31.7 Å². The number of aromatic hydroxyl groups is 1. The standard InChI is InChI=1S/C21H21F5N4O3/c1-29(10-20(32)3-5-33-6-4-20)15-8-14-12(9-27-15)18(28-30(14)2)11-7-13(21(24,25)26)17(23)19(31)16(11)22/h7-9,31-32H,3-6,10H2,1-2H3. The van der Waals surface area contributed by atoms with E-state index in [-0.39, 0.29) is 23.7 Å². The van der Waals surface area contributed by atoms with Gasteiger partial charge >= 0.3 is 6.18 Å². The van der Waals surface area contributed by atoms with Crippen LogP contribution in [0.4, 0.5) is 27.8 Å². The molecule has 178 valence electrons. The lowest BCUT2D eigenvalue weighted by atomic mass is 9.94. The van der Waals surface area contributed by atoms with Crippen molar-refractivity contribution in [2.24, 2.45) is 7.05 Å². The molecule has 4 rings (SSSR count). The molecule has 1 aromatic carbocycles. The summed E-state index contributed by atoms with van der Waals surface area (Å²) < 4.78 is 74.6. The van der Waals surface area contributed by atoms with Crippen LogP contribution in [0.25, 0.3) is 22.2 Å². The van der Waals surface area contributed by atoms with Gasteiger partial charge in [-0.3, -0.25) is 4.68 Å². The van der Waals surface area contributed by atoms with Gasteiger partial charge in [0.2, 0.25) is 0 Å². The number of hydrogen-bond donors (Lipinski definition) is 2. The third-order valence-corrected chi connectivity index (χ3v) is 5.81. The van der Waals surface area contributed by atoms with Gasteiger partial charge in [-0.15, -0.1) is 0 Å². The smallest absolute Gasteiger partial charge is 0.419 e. The van der Waals surface area contributed by atoms with Crippen LogP contribution in [0.5, 0.6) is 5.75 Å². The third-order valence-electron chi connectivity index (χ3n) is 5.81. The second-order valence-electron chi connectivity index (χ2n) is 8.17. The lowest BCUT2D eigenvalue weighted by molar-refractivity contribution is -0.140. The van der Waals surface area contributed by atoms with Crippen LogP contribution in [-0.4, -0.2) is 57.4 Å². The Morgan fingerprint density at radius 3 is 2.48 bits per heavy atom. The number of phenols is 1. The number of benzene rings is 1. The van der Waals surface area contributed by atoms with E-state index in [4.69, 9.17) is 4.74 Å². The van der Waals surface area contributed by atoms with Crippen molar-refractivity contribution in [3.05, 3.63) is 35.5 Å². The van der Waals surface area contributed by atoms with E-state index in [9.17, 15) is 32.2 Å². The quantitative estimate of drug-likeness (QED) is 0.565. The number of fused-ring (bicyclic) bond motifs is 1. The molecule has 3 aromatic rings. The first kappa shape index (κ1) is 23.2. The first-order valence-corrected chi connectivity index (χ1v) is 10.0. The number of anilines is 1. The number of hydrogen-bond acceptors (Lipinski definition) is 6. The molecule has 3 heterocycles. The van der Waals surface area contributed by atoms with Crippen LogP contribution in [-0.2, 0) is 18.0 Å². The molecule has 0 unspecified atom stereocenters. The minimum atomic E-state index is -5.15. The summed E-state index contributed by atoms with van der Waals surface area (Å²) in [7, 11) is 3.24. The number of ether oxygens (including phenoxy) is 1. The number of aryl methyl sites for hydroxylation is 1. The maximum atomic E-state index is 14.6. The minimum Gasteiger partial charge on any atom is -0.503 e. The fourth-order valence-corrected chi connectivity index (χ4v) is 3.98. The van der Waals surface area contributed by atoms with Gasteiger partial charge in [0, 0.05) is 69.9 Å². The number of nitrogens with zero attached hydrogens (tertiary/aromatic N) is 4. The lowest BCUT2D eigenvalue weighted by Crippen LogP contribution is -2.46. The fourth-order valence-electron chi connectivity index (χ4n) is 3.98. The Kier molecular flexibility index (Phi) is 5.69. The second-order valence-corrected chi connectivity index (χ2v) is 8.17. The highest BCUT2D eigenvalue weighted by molar-refractivity contribution is 5.94. The van der Waals surface area contributed by atoms with Gasteiger partial charge in [-0.25, -0.2) is 13.8 Å². The van der Waals surface area contributed by atoms with Crippen LogP contribution in [0.2, 0.25) is 0 Å². The normalized spacial score (nSPS) is 16.4. The number of likely N-dealkylation sites (N-methyl/N-ethyl adjacent to an activating group) is 1. The van der Waals surface area contributed by atoms with Crippen molar-refractivity contribution < 1.29 is 36.9 Å². The minimum absolute atomic E-state index is 0.206. The van der Waals surface area contributed by atoms with Gasteiger partial charge in [0.05, 0.1) is 16.7 Å². The molecule has 12 heteroatoms. The van der Waals surface area contributed by atoms with Crippen molar-refractivity contribution in [2.45, 2.75) is 24.6 Å². The zero-order valence-electron chi connectivity index (χ0n) is 17.7. The fraction of sp³-hybridized carbons (Fsp3) is 0.429. The second kappa shape index (κ2) is 8.10. The van der Waals surface area contributed by atoms with Gasteiger partial charge in [0.1, 0.15) is 11.5 Å². The zero-order valence-corrected chi connectivity index (χ0v) is 17.7. The summed E-state index contributed by atoms with van der Waals surface area (Å²) in [6.07, 6.45) is -2.91. The topological polar surface area (TPSA) is 83.6 Å². The predicted octanol–water partition coefficient (Wildman–Crippen LogP) is 3.62. The third kappa shape index (κ3) is 4.20. The molecule has 7 nitrogen and oxygen atoms in total. The highest BCUT2D eigenvalue weighted by Gasteiger charge is 2.38.